The Kier molecular flexibility index (Phi) is 5.81. The fourth-order valence-corrected chi connectivity index (χ4v) is 3.44. The van der Waals surface area contributed by atoms with Crippen LogP contribution in [0.1, 0.15) is 24.8 Å². The minimum absolute atomic E-state index is 0.0172. The van der Waals surface area contributed by atoms with Crippen LogP contribution in [0.25, 0.3) is 0 Å². The summed E-state index contributed by atoms with van der Waals surface area (Å²) in [6, 6.07) is 1.44. The van der Waals surface area contributed by atoms with Gasteiger partial charge in [0.15, 0.2) is 11.6 Å². The van der Waals surface area contributed by atoms with E-state index in [1.165, 1.54) is 16.7 Å². The average molecular weight is 362 g/mol. The zero-order valence-corrected chi connectivity index (χ0v) is 14.0. The Morgan fingerprint density at radius 2 is 2.17 bits per heavy atom. The Labute approximate surface area is 142 Å². The van der Waals surface area contributed by atoms with Gasteiger partial charge in [-0.05, 0) is 18.6 Å². The van der Waals surface area contributed by atoms with Crippen molar-refractivity contribution in [3.05, 3.63) is 57.1 Å². The number of benzene rings is 1. The molecular weight excluding hydrogens is 347 g/mol. The van der Waals surface area contributed by atoms with Crippen LogP contribution in [0.3, 0.4) is 0 Å². The van der Waals surface area contributed by atoms with Crippen molar-refractivity contribution in [2.45, 2.75) is 19.3 Å². The van der Waals surface area contributed by atoms with E-state index < -0.39 is 23.4 Å². The van der Waals surface area contributed by atoms with Crippen molar-refractivity contribution in [3.8, 4) is 0 Å². The molecule has 0 saturated carbocycles. The Balaban J connectivity index is 2.16. The lowest BCUT2D eigenvalue weighted by molar-refractivity contribution is -0.127. The number of carbonyl (C=O) groups excluding carboxylic acids is 1. The molecule has 0 radical (unpaired) electrons. The van der Waals surface area contributed by atoms with Crippen LogP contribution in [0.2, 0.25) is 0 Å². The molecule has 1 aromatic carbocycles. The highest BCUT2D eigenvalue weighted by Crippen LogP contribution is 2.34. The van der Waals surface area contributed by atoms with Gasteiger partial charge in [0.2, 0.25) is 5.91 Å². The van der Waals surface area contributed by atoms with Gasteiger partial charge in [0.25, 0.3) is 0 Å². The molecule has 1 unspecified atom stereocenters. The Hall–Kier alpha value is -1.40. The predicted molar refractivity (Wildman–Crippen MR) is 86.6 cm³/mol. The third-order valence-corrected chi connectivity index (χ3v) is 4.67. The topological polar surface area (TPSA) is 20.3 Å². The summed E-state index contributed by atoms with van der Waals surface area (Å²) in [5.74, 6) is -3.96. The molecule has 0 aromatic heterocycles. The molecule has 1 aliphatic heterocycles. The van der Waals surface area contributed by atoms with Crippen molar-refractivity contribution in [3.63, 3.8) is 0 Å². The van der Waals surface area contributed by atoms with Gasteiger partial charge in [0.1, 0.15) is 5.82 Å². The highest BCUT2D eigenvalue weighted by Gasteiger charge is 2.33. The first-order valence-electron chi connectivity index (χ1n) is 6.91. The first-order chi connectivity index (χ1) is 10.8. The largest absolute Gasteiger partial charge is 0.337 e. The zero-order valence-electron chi connectivity index (χ0n) is 12.4. The van der Waals surface area contributed by atoms with E-state index in [9.17, 15) is 18.0 Å². The van der Waals surface area contributed by atoms with Crippen molar-refractivity contribution in [1.29, 1.82) is 0 Å². The summed E-state index contributed by atoms with van der Waals surface area (Å²) < 4.78 is 40.9. The molecule has 124 valence electrons. The van der Waals surface area contributed by atoms with E-state index in [4.69, 9.17) is 11.6 Å². The number of hydrogen-bond acceptors (Lipinski definition) is 2. The van der Waals surface area contributed by atoms with Crippen molar-refractivity contribution in [2.75, 3.05) is 13.1 Å². The molecule has 1 aromatic rings. The molecule has 0 spiro atoms. The van der Waals surface area contributed by atoms with Gasteiger partial charge in [-0.2, -0.15) is 0 Å². The summed E-state index contributed by atoms with van der Waals surface area (Å²) in [4.78, 5) is 14.4. The Bertz CT molecular complexity index is 678. The summed E-state index contributed by atoms with van der Waals surface area (Å²) in [7, 11) is 0. The van der Waals surface area contributed by atoms with Crippen LogP contribution < -0.4 is 0 Å². The van der Waals surface area contributed by atoms with Gasteiger partial charge < -0.3 is 4.90 Å². The fraction of sp³-hybridized carbons (Fsp3) is 0.312. The van der Waals surface area contributed by atoms with E-state index in [0.29, 0.717) is 17.0 Å². The third kappa shape index (κ3) is 4.32. The number of rotatable bonds is 5. The van der Waals surface area contributed by atoms with Crippen molar-refractivity contribution >= 4 is 29.3 Å². The second-order valence-electron chi connectivity index (χ2n) is 5.18. The van der Waals surface area contributed by atoms with Crippen LogP contribution in [0.4, 0.5) is 13.2 Å². The lowest BCUT2D eigenvalue weighted by atomic mass is 9.97. The first kappa shape index (κ1) is 17.9. The normalized spacial score (nSPS) is 18.7. The van der Waals surface area contributed by atoms with Gasteiger partial charge in [-0.3, -0.25) is 4.79 Å². The first-order valence-corrected chi connectivity index (χ1v) is 8.11. The molecule has 1 heterocycles. The molecule has 1 saturated heterocycles. The summed E-state index contributed by atoms with van der Waals surface area (Å²) in [6.45, 7) is 5.90. The number of likely N-dealkylation sites (tertiary alicyclic amines) is 1. The summed E-state index contributed by atoms with van der Waals surface area (Å²) in [5, 5.41) is 0. The number of amides is 1. The summed E-state index contributed by atoms with van der Waals surface area (Å²) in [6.07, 6.45) is 1.82. The van der Waals surface area contributed by atoms with Crippen LogP contribution in [0.5, 0.6) is 0 Å². The van der Waals surface area contributed by atoms with Gasteiger partial charge in [-0.25, -0.2) is 13.2 Å². The molecule has 2 rings (SSSR count). The highest BCUT2D eigenvalue weighted by atomic mass is 35.5. The predicted octanol–water partition coefficient (Wildman–Crippen LogP) is 4.77. The van der Waals surface area contributed by atoms with E-state index >= 15 is 0 Å². The van der Waals surface area contributed by atoms with Gasteiger partial charge in [-0.15, -0.1) is 0 Å². The molecule has 0 bridgehead atoms. The van der Waals surface area contributed by atoms with Crippen LogP contribution in [-0.4, -0.2) is 23.9 Å². The second-order valence-corrected chi connectivity index (χ2v) is 7.08. The number of thioether (sulfide) groups is 1. The maximum Gasteiger partial charge on any atom is 0.223 e. The lowest BCUT2D eigenvalue weighted by Crippen LogP contribution is -2.26. The van der Waals surface area contributed by atoms with E-state index in [2.05, 4.69) is 6.58 Å². The van der Waals surface area contributed by atoms with Crippen LogP contribution in [0, 0.1) is 17.5 Å². The highest BCUT2D eigenvalue weighted by molar-refractivity contribution is 8.08. The maximum atomic E-state index is 13.9. The zero-order chi connectivity index (χ0) is 17.1. The monoisotopic (exact) mass is 361 g/mol. The lowest BCUT2D eigenvalue weighted by Gasteiger charge is -2.18. The van der Waals surface area contributed by atoms with E-state index in [-0.39, 0.29) is 24.4 Å². The average Bonchev–Trinajstić information content (AvgIpc) is 2.82. The molecule has 0 aliphatic carbocycles. The van der Waals surface area contributed by atoms with Gasteiger partial charge in [0, 0.05) is 29.9 Å². The molecular formula is C16H15ClF3NOS. The SMILES string of the molecule is C=C(Cl)S/C(=C\C)CN1CC(c2cc(F)cc(F)c2F)CC1=O. The van der Waals surface area contributed by atoms with Gasteiger partial charge >= 0.3 is 0 Å². The fourth-order valence-electron chi connectivity index (χ4n) is 2.52. The molecule has 1 atom stereocenters. The quantitative estimate of drug-likeness (QED) is 0.704. The number of nitrogens with zero attached hydrogens (tertiary/aromatic N) is 1. The minimum atomic E-state index is -1.24. The Morgan fingerprint density at radius 3 is 2.78 bits per heavy atom. The molecule has 0 N–H and O–H groups in total. The number of hydrogen-bond donors (Lipinski definition) is 0. The van der Waals surface area contributed by atoms with Crippen LogP contribution in [-0.2, 0) is 4.79 Å². The van der Waals surface area contributed by atoms with E-state index in [1.807, 2.05) is 6.92 Å². The minimum Gasteiger partial charge on any atom is -0.337 e. The number of carbonyl (C=O) groups is 1. The smallest absolute Gasteiger partial charge is 0.223 e. The Morgan fingerprint density at radius 1 is 1.48 bits per heavy atom. The summed E-state index contributed by atoms with van der Waals surface area (Å²) in [5.41, 5.74) is -0.102. The van der Waals surface area contributed by atoms with Crippen LogP contribution >= 0.6 is 23.4 Å². The van der Waals surface area contributed by atoms with Crippen LogP contribution in [0.15, 0.2) is 34.1 Å². The molecule has 7 heteroatoms. The van der Waals surface area contributed by atoms with Crippen molar-refractivity contribution in [2.24, 2.45) is 0 Å². The van der Waals surface area contributed by atoms with E-state index in [0.717, 1.165) is 11.0 Å². The van der Waals surface area contributed by atoms with Crippen molar-refractivity contribution in [1.82, 2.24) is 4.90 Å². The maximum absolute atomic E-state index is 13.9. The molecule has 2 nitrogen and oxygen atoms in total. The second kappa shape index (κ2) is 7.45. The summed E-state index contributed by atoms with van der Waals surface area (Å²) >= 11 is 6.98. The van der Waals surface area contributed by atoms with Gasteiger partial charge in [0.05, 0.1) is 10.9 Å². The molecule has 23 heavy (non-hydrogen) atoms. The third-order valence-electron chi connectivity index (χ3n) is 3.59. The molecule has 1 amide bonds. The molecule has 1 fully saturated rings. The van der Waals surface area contributed by atoms with E-state index in [1.54, 1.807) is 6.08 Å². The number of allylic oxidation sites excluding steroid dienone is 1. The van der Waals surface area contributed by atoms with Crippen molar-refractivity contribution < 1.29 is 18.0 Å². The standard InChI is InChI=1S/C16H15ClF3NOS/c1-3-12(23-9(2)17)8-21-7-10(4-15(21)22)13-5-11(18)6-14(19)16(13)20/h3,5-6,10H,2,4,7-8H2,1H3/b12-3-. The molecule has 1 aliphatic rings. The van der Waals surface area contributed by atoms with Gasteiger partial charge in [-0.1, -0.05) is 36.0 Å². The number of halogens is 4.